The van der Waals surface area contributed by atoms with Crippen LogP contribution in [0.25, 0.3) is 0 Å². The summed E-state index contributed by atoms with van der Waals surface area (Å²) in [6.45, 7) is 1.33. The molecule has 3 N–H and O–H groups in total. The number of nitrogens with zero attached hydrogens (tertiary/aromatic N) is 1. The number of hydrogen-bond acceptors (Lipinski definition) is 6. The van der Waals surface area contributed by atoms with Gasteiger partial charge in [0.25, 0.3) is 5.56 Å². The molecule has 26 heavy (non-hydrogen) atoms. The number of carbonyl (C=O) groups excluding carboxylic acids is 2. The molecule has 9 heteroatoms. The van der Waals surface area contributed by atoms with Crippen molar-refractivity contribution >= 4 is 17.6 Å². The molecule has 0 aliphatic rings. The van der Waals surface area contributed by atoms with Crippen molar-refractivity contribution in [2.45, 2.75) is 26.3 Å². The third kappa shape index (κ3) is 4.44. The highest BCUT2D eigenvalue weighted by molar-refractivity contribution is 6.01. The Morgan fingerprint density at radius 1 is 1.23 bits per heavy atom. The quantitative estimate of drug-likeness (QED) is 0.549. The number of ether oxygens (including phenoxy) is 1. The Morgan fingerprint density at radius 2 is 1.88 bits per heavy atom. The molecule has 0 radical (unpaired) electrons. The smallest absolute Gasteiger partial charge is 0.329 e. The van der Waals surface area contributed by atoms with E-state index in [9.17, 15) is 23.6 Å². The van der Waals surface area contributed by atoms with Gasteiger partial charge in [-0.3, -0.25) is 23.9 Å². The van der Waals surface area contributed by atoms with Crippen LogP contribution in [0, 0.1) is 5.82 Å². The number of anilines is 1. The van der Waals surface area contributed by atoms with Gasteiger partial charge in [-0.15, -0.1) is 0 Å². The topological polar surface area (TPSA) is 124 Å². The van der Waals surface area contributed by atoms with Crippen LogP contribution in [-0.2, 0) is 22.5 Å². The average molecular weight is 363 g/mol. The summed E-state index contributed by atoms with van der Waals surface area (Å²) >= 11 is 0. The lowest BCUT2D eigenvalue weighted by Crippen LogP contribution is -2.37. The Bertz CT molecular complexity index is 931. The zero-order chi connectivity index (χ0) is 19.3. The first kappa shape index (κ1) is 19.1. The number of nitrogen functional groups attached to an aromatic ring is 1. The number of carbonyl (C=O) groups is 2. The van der Waals surface area contributed by atoms with E-state index in [0.29, 0.717) is 12.0 Å². The molecule has 0 aliphatic carbocycles. The van der Waals surface area contributed by atoms with Crippen LogP contribution >= 0.6 is 0 Å². The van der Waals surface area contributed by atoms with Crippen LogP contribution in [0.2, 0.25) is 0 Å². The largest absolute Gasteiger partial charge is 0.457 e. The van der Waals surface area contributed by atoms with Gasteiger partial charge in [0.15, 0.2) is 6.61 Å². The monoisotopic (exact) mass is 363 g/mol. The average Bonchev–Trinajstić information content (AvgIpc) is 2.58. The van der Waals surface area contributed by atoms with Crippen molar-refractivity contribution in [2.75, 3.05) is 12.3 Å². The van der Waals surface area contributed by atoms with Crippen molar-refractivity contribution < 1.29 is 18.7 Å². The number of H-pyrrole nitrogens is 1. The van der Waals surface area contributed by atoms with Gasteiger partial charge in [-0.05, 0) is 24.1 Å². The summed E-state index contributed by atoms with van der Waals surface area (Å²) in [6.07, 6.45) is 0.408. The maximum Gasteiger partial charge on any atom is 0.329 e. The number of benzene rings is 1. The molecule has 0 fully saturated rings. The molecule has 8 nitrogen and oxygen atoms in total. The molecule has 0 atom stereocenters. The number of aromatic amines is 1. The summed E-state index contributed by atoms with van der Waals surface area (Å²) < 4.78 is 18.8. The standard InChI is InChI=1S/C17H18FN3O5/c1-2-7-21-15(19)14(16(24)20-17(21)25)12(22)9-26-13(23)8-10-3-5-11(18)6-4-10/h3-6H,2,7-9,19H2,1H3,(H,20,24,25). The van der Waals surface area contributed by atoms with Crippen molar-refractivity contribution in [1.82, 2.24) is 9.55 Å². The molecular formula is C17H18FN3O5. The van der Waals surface area contributed by atoms with Gasteiger partial charge in [0, 0.05) is 6.54 Å². The van der Waals surface area contributed by atoms with E-state index in [1.807, 2.05) is 4.98 Å². The maximum absolute atomic E-state index is 12.8. The molecular weight excluding hydrogens is 345 g/mol. The molecule has 0 amide bonds. The molecule has 138 valence electrons. The van der Waals surface area contributed by atoms with Crippen LogP contribution in [0.4, 0.5) is 10.2 Å². The van der Waals surface area contributed by atoms with E-state index in [1.165, 1.54) is 24.3 Å². The fraction of sp³-hybridized carbons (Fsp3) is 0.294. The fourth-order valence-corrected chi connectivity index (χ4v) is 2.34. The number of aromatic nitrogens is 2. The van der Waals surface area contributed by atoms with Gasteiger partial charge in [0.2, 0.25) is 5.78 Å². The Balaban J connectivity index is 2.09. The first-order chi connectivity index (χ1) is 12.3. The summed E-state index contributed by atoms with van der Waals surface area (Å²) in [7, 11) is 0. The third-order valence-electron chi connectivity index (χ3n) is 3.59. The second-order valence-electron chi connectivity index (χ2n) is 5.56. The van der Waals surface area contributed by atoms with Crippen molar-refractivity contribution in [1.29, 1.82) is 0 Å². The summed E-state index contributed by atoms with van der Waals surface area (Å²) in [4.78, 5) is 49.6. The predicted molar refractivity (Wildman–Crippen MR) is 91.4 cm³/mol. The maximum atomic E-state index is 12.8. The van der Waals surface area contributed by atoms with Crippen molar-refractivity contribution in [3.8, 4) is 0 Å². The minimum atomic E-state index is -0.931. The van der Waals surface area contributed by atoms with Gasteiger partial charge in [-0.25, -0.2) is 9.18 Å². The summed E-state index contributed by atoms with van der Waals surface area (Å²) in [5.41, 5.74) is 4.21. The van der Waals surface area contributed by atoms with E-state index in [1.54, 1.807) is 6.92 Å². The highest BCUT2D eigenvalue weighted by Gasteiger charge is 2.20. The highest BCUT2D eigenvalue weighted by atomic mass is 19.1. The summed E-state index contributed by atoms with van der Waals surface area (Å²) in [5.74, 6) is -2.24. The Labute approximate surface area is 147 Å². The van der Waals surface area contributed by atoms with Crippen LogP contribution in [0.5, 0.6) is 0 Å². The second kappa shape index (κ2) is 8.24. The van der Waals surface area contributed by atoms with Crippen LogP contribution in [-0.4, -0.2) is 27.9 Å². The predicted octanol–water partition coefficient (Wildman–Crippen LogP) is 0.636. The van der Waals surface area contributed by atoms with Gasteiger partial charge >= 0.3 is 11.7 Å². The number of ketones is 1. The normalized spacial score (nSPS) is 10.5. The van der Waals surface area contributed by atoms with Gasteiger partial charge in [-0.2, -0.15) is 0 Å². The van der Waals surface area contributed by atoms with Gasteiger partial charge < -0.3 is 10.5 Å². The van der Waals surface area contributed by atoms with Crippen molar-refractivity contribution in [3.05, 3.63) is 62.0 Å². The second-order valence-corrected chi connectivity index (χ2v) is 5.56. The number of halogens is 1. The van der Waals surface area contributed by atoms with Gasteiger partial charge in [0.1, 0.15) is 17.2 Å². The zero-order valence-corrected chi connectivity index (χ0v) is 14.1. The molecule has 0 spiro atoms. The van der Waals surface area contributed by atoms with Crippen LogP contribution in [0.1, 0.15) is 29.3 Å². The van der Waals surface area contributed by atoms with Crippen LogP contribution < -0.4 is 17.0 Å². The zero-order valence-electron chi connectivity index (χ0n) is 14.1. The summed E-state index contributed by atoms with van der Waals surface area (Å²) in [6, 6.07) is 5.24. The van der Waals surface area contributed by atoms with E-state index in [-0.39, 0.29) is 18.8 Å². The molecule has 1 heterocycles. The number of nitrogens with one attached hydrogen (secondary N) is 1. The number of nitrogens with two attached hydrogens (primary N) is 1. The molecule has 1 aromatic heterocycles. The molecule has 0 saturated heterocycles. The van der Waals surface area contributed by atoms with E-state index >= 15 is 0 Å². The molecule has 0 bridgehead atoms. The Hall–Kier alpha value is -3.23. The molecule has 0 saturated carbocycles. The lowest BCUT2D eigenvalue weighted by Gasteiger charge is -2.11. The summed E-state index contributed by atoms with van der Waals surface area (Å²) in [5, 5.41) is 0. The van der Waals surface area contributed by atoms with E-state index in [2.05, 4.69) is 0 Å². The molecule has 1 aromatic carbocycles. The number of rotatable bonds is 7. The van der Waals surface area contributed by atoms with Crippen LogP contribution in [0.15, 0.2) is 33.9 Å². The Morgan fingerprint density at radius 3 is 2.50 bits per heavy atom. The first-order valence-corrected chi connectivity index (χ1v) is 7.89. The van der Waals surface area contributed by atoms with E-state index in [0.717, 1.165) is 4.57 Å². The molecule has 0 aliphatic heterocycles. The lowest BCUT2D eigenvalue weighted by molar-refractivity contribution is -0.141. The van der Waals surface area contributed by atoms with Gasteiger partial charge in [-0.1, -0.05) is 19.1 Å². The highest BCUT2D eigenvalue weighted by Crippen LogP contribution is 2.08. The minimum absolute atomic E-state index is 0.158. The molecule has 2 aromatic rings. The number of hydrogen-bond donors (Lipinski definition) is 2. The van der Waals surface area contributed by atoms with E-state index in [4.69, 9.17) is 10.5 Å². The first-order valence-electron chi connectivity index (χ1n) is 7.89. The third-order valence-corrected chi connectivity index (χ3v) is 3.59. The number of Topliss-reactive ketones (excluding diaryl/α,β-unsaturated/α-hetero) is 1. The van der Waals surface area contributed by atoms with Crippen LogP contribution in [0.3, 0.4) is 0 Å². The van der Waals surface area contributed by atoms with Crippen molar-refractivity contribution in [2.24, 2.45) is 0 Å². The fourth-order valence-electron chi connectivity index (χ4n) is 2.34. The lowest BCUT2D eigenvalue weighted by atomic mass is 10.1. The van der Waals surface area contributed by atoms with Gasteiger partial charge in [0.05, 0.1) is 6.42 Å². The SMILES string of the molecule is CCCn1c(N)c(C(=O)COC(=O)Cc2ccc(F)cc2)c(=O)[nH]c1=O. The molecule has 0 unspecified atom stereocenters. The minimum Gasteiger partial charge on any atom is -0.457 e. The number of esters is 1. The molecule has 2 rings (SSSR count). The Kier molecular flexibility index (Phi) is 6.05. The van der Waals surface area contributed by atoms with E-state index < -0.39 is 41.0 Å². The van der Waals surface area contributed by atoms with Crippen molar-refractivity contribution in [3.63, 3.8) is 0 Å².